The largest absolute Gasteiger partial charge is 0.494 e. The zero-order valence-corrected chi connectivity index (χ0v) is 13.7. The number of aliphatic imine (C=N–C) groups is 1. The summed E-state index contributed by atoms with van der Waals surface area (Å²) >= 11 is 0. The normalized spacial score (nSPS) is 11.3. The fraction of sp³-hybridized carbons (Fsp3) is 0.250. The quantitative estimate of drug-likeness (QED) is 0.569. The molecule has 0 aliphatic carbocycles. The van der Waals surface area contributed by atoms with Crippen molar-refractivity contribution in [2.75, 3.05) is 20.7 Å². The number of nitrogens with one attached hydrogen (secondary N) is 1. The van der Waals surface area contributed by atoms with E-state index in [1.54, 1.807) is 17.4 Å². The minimum Gasteiger partial charge on any atom is -0.494 e. The van der Waals surface area contributed by atoms with Gasteiger partial charge in [-0.3, -0.25) is 9.78 Å². The Bertz CT molecular complexity index is 924. The van der Waals surface area contributed by atoms with Crippen LogP contribution in [-0.4, -0.2) is 51.5 Å². The van der Waals surface area contributed by atoms with Gasteiger partial charge in [0.15, 0.2) is 0 Å². The smallest absolute Gasteiger partial charge is 0.271 e. The summed E-state index contributed by atoms with van der Waals surface area (Å²) in [4.78, 5) is 25.1. The summed E-state index contributed by atoms with van der Waals surface area (Å²) < 4.78 is 6.92. The lowest BCUT2D eigenvalue weighted by molar-refractivity contribution is 0.340. The third kappa shape index (κ3) is 3.27. The molecule has 1 N–H and O–H groups in total. The molecule has 3 aromatic rings. The second-order valence-corrected chi connectivity index (χ2v) is 5.34. The van der Waals surface area contributed by atoms with Crippen molar-refractivity contribution in [3.8, 4) is 16.9 Å². The Labute approximate surface area is 138 Å². The average molecular weight is 326 g/mol. The molecular formula is C16H18N6O2. The maximum atomic E-state index is 12.3. The number of aromatic amines is 1. The van der Waals surface area contributed by atoms with Crippen LogP contribution < -0.4 is 10.3 Å². The molecule has 0 bridgehead atoms. The van der Waals surface area contributed by atoms with Crippen molar-refractivity contribution in [1.29, 1.82) is 0 Å². The van der Waals surface area contributed by atoms with Gasteiger partial charge in [-0.05, 0) is 24.6 Å². The summed E-state index contributed by atoms with van der Waals surface area (Å²) in [6.45, 7) is 2.52. The van der Waals surface area contributed by atoms with Crippen molar-refractivity contribution in [1.82, 2.24) is 24.5 Å². The van der Waals surface area contributed by atoms with E-state index in [1.807, 2.05) is 45.3 Å². The molecule has 24 heavy (non-hydrogen) atoms. The molecule has 0 radical (unpaired) electrons. The molecule has 2 heterocycles. The third-order valence-electron chi connectivity index (χ3n) is 3.22. The predicted molar refractivity (Wildman–Crippen MR) is 92.1 cm³/mol. The van der Waals surface area contributed by atoms with Gasteiger partial charge in [-0.25, -0.2) is 9.51 Å². The van der Waals surface area contributed by atoms with Gasteiger partial charge in [0, 0.05) is 20.3 Å². The van der Waals surface area contributed by atoms with Gasteiger partial charge in [0.25, 0.3) is 11.5 Å². The summed E-state index contributed by atoms with van der Waals surface area (Å²) in [5, 5.41) is 4.25. The molecule has 124 valence electrons. The zero-order valence-electron chi connectivity index (χ0n) is 13.7. The van der Waals surface area contributed by atoms with E-state index < -0.39 is 0 Å². The summed E-state index contributed by atoms with van der Waals surface area (Å²) in [6.07, 6.45) is 3.24. The second-order valence-electron chi connectivity index (χ2n) is 5.34. The van der Waals surface area contributed by atoms with Crippen LogP contribution in [0.1, 0.15) is 6.92 Å². The van der Waals surface area contributed by atoms with Crippen molar-refractivity contribution >= 4 is 18.1 Å². The number of aromatic nitrogens is 4. The molecule has 0 amide bonds. The Hall–Kier alpha value is -3.16. The molecule has 0 aliphatic heterocycles. The number of rotatable bonds is 5. The van der Waals surface area contributed by atoms with Gasteiger partial charge < -0.3 is 9.64 Å². The van der Waals surface area contributed by atoms with E-state index in [0.717, 1.165) is 11.3 Å². The van der Waals surface area contributed by atoms with Gasteiger partial charge in [-0.2, -0.15) is 4.98 Å². The first kappa shape index (κ1) is 15.7. The first-order chi connectivity index (χ1) is 11.6. The topological polar surface area (TPSA) is 87.9 Å². The number of H-pyrrole nitrogens is 1. The van der Waals surface area contributed by atoms with E-state index in [0.29, 0.717) is 17.9 Å². The van der Waals surface area contributed by atoms with Crippen molar-refractivity contribution < 1.29 is 4.74 Å². The number of hydrogen-bond acceptors (Lipinski definition) is 5. The SMILES string of the molecule is CCOc1ccc(-c2cn3nc(/N=C/N(C)C)nc3[nH]c2=O)cc1. The highest BCUT2D eigenvalue weighted by Crippen LogP contribution is 2.20. The molecule has 0 unspecified atom stereocenters. The van der Waals surface area contributed by atoms with Gasteiger partial charge in [-0.1, -0.05) is 12.1 Å². The van der Waals surface area contributed by atoms with E-state index in [9.17, 15) is 4.79 Å². The van der Waals surface area contributed by atoms with Gasteiger partial charge in [0.1, 0.15) is 5.75 Å². The highest BCUT2D eigenvalue weighted by molar-refractivity contribution is 5.63. The first-order valence-corrected chi connectivity index (χ1v) is 7.50. The van der Waals surface area contributed by atoms with Crippen LogP contribution in [0.5, 0.6) is 5.75 Å². The molecule has 0 atom stereocenters. The van der Waals surface area contributed by atoms with Gasteiger partial charge >= 0.3 is 0 Å². The first-order valence-electron chi connectivity index (χ1n) is 7.50. The van der Waals surface area contributed by atoms with Crippen LogP contribution in [0.2, 0.25) is 0 Å². The number of nitrogens with zero attached hydrogens (tertiary/aromatic N) is 5. The number of fused-ring (bicyclic) bond motifs is 1. The molecule has 0 spiro atoms. The molecule has 8 nitrogen and oxygen atoms in total. The van der Waals surface area contributed by atoms with Crippen molar-refractivity contribution in [3.63, 3.8) is 0 Å². The van der Waals surface area contributed by atoms with Crippen LogP contribution in [-0.2, 0) is 0 Å². The van der Waals surface area contributed by atoms with Crippen LogP contribution in [0.4, 0.5) is 5.95 Å². The monoisotopic (exact) mass is 326 g/mol. The minimum atomic E-state index is -0.234. The third-order valence-corrected chi connectivity index (χ3v) is 3.22. The lowest BCUT2D eigenvalue weighted by Crippen LogP contribution is -2.11. The van der Waals surface area contributed by atoms with Crippen LogP contribution in [0.15, 0.2) is 40.2 Å². The maximum absolute atomic E-state index is 12.3. The van der Waals surface area contributed by atoms with Crippen molar-refractivity contribution in [2.24, 2.45) is 4.99 Å². The molecule has 0 aliphatic rings. The number of benzene rings is 1. The molecule has 0 saturated heterocycles. The Balaban J connectivity index is 1.99. The Morgan fingerprint density at radius 2 is 2.08 bits per heavy atom. The molecule has 2 aromatic heterocycles. The Morgan fingerprint density at radius 1 is 1.33 bits per heavy atom. The van der Waals surface area contributed by atoms with E-state index in [2.05, 4.69) is 20.1 Å². The van der Waals surface area contributed by atoms with E-state index >= 15 is 0 Å². The molecular weight excluding hydrogens is 308 g/mol. The van der Waals surface area contributed by atoms with Gasteiger partial charge in [-0.15, -0.1) is 5.10 Å². The van der Waals surface area contributed by atoms with E-state index in [1.165, 1.54) is 4.52 Å². The van der Waals surface area contributed by atoms with Crippen LogP contribution in [0.3, 0.4) is 0 Å². The minimum absolute atomic E-state index is 0.234. The molecule has 3 rings (SSSR count). The van der Waals surface area contributed by atoms with Crippen molar-refractivity contribution in [2.45, 2.75) is 6.92 Å². The van der Waals surface area contributed by atoms with Crippen LogP contribution in [0.25, 0.3) is 16.9 Å². The fourth-order valence-corrected chi connectivity index (χ4v) is 2.16. The molecule has 8 heteroatoms. The highest BCUT2D eigenvalue weighted by Gasteiger charge is 2.09. The molecule has 0 saturated carbocycles. The zero-order chi connectivity index (χ0) is 17.1. The average Bonchev–Trinajstić information content (AvgIpc) is 2.95. The van der Waals surface area contributed by atoms with Gasteiger partial charge in [0.2, 0.25) is 5.78 Å². The second kappa shape index (κ2) is 6.53. The van der Waals surface area contributed by atoms with Gasteiger partial charge in [0.05, 0.1) is 18.5 Å². The van der Waals surface area contributed by atoms with E-state index in [-0.39, 0.29) is 11.5 Å². The van der Waals surface area contributed by atoms with E-state index in [4.69, 9.17) is 4.74 Å². The Kier molecular flexibility index (Phi) is 4.28. The Morgan fingerprint density at radius 3 is 2.75 bits per heavy atom. The number of hydrogen-bond donors (Lipinski definition) is 1. The summed E-state index contributed by atoms with van der Waals surface area (Å²) in [5.74, 6) is 1.39. The number of ether oxygens (including phenoxy) is 1. The van der Waals surface area contributed by atoms with Crippen LogP contribution in [0, 0.1) is 0 Å². The molecule has 1 aromatic carbocycles. The summed E-state index contributed by atoms with van der Waals surface area (Å²) in [7, 11) is 3.70. The fourth-order valence-electron chi connectivity index (χ4n) is 2.16. The highest BCUT2D eigenvalue weighted by atomic mass is 16.5. The standard InChI is InChI=1S/C16H18N6O2/c1-4-24-12-7-5-11(6-8-12)13-9-22-16(18-14(13)23)19-15(20-22)17-10-21(2)3/h5-10H,4H2,1-3H3,(H,18,19,20,23)/b17-10+. The lowest BCUT2D eigenvalue weighted by Gasteiger charge is -2.04. The predicted octanol–water partition coefficient (Wildman–Crippen LogP) is 1.70. The summed E-state index contributed by atoms with van der Waals surface area (Å²) in [6, 6.07) is 7.33. The summed E-state index contributed by atoms with van der Waals surface area (Å²) in [5.41, 5.74) is 1.04. The van der Waals surface area contributed by atoms with Crippen LogP contribution >= 0.6 is 0 Å². The molecule has 0 fully saturated rings. The maximum Gasteiger partial charge on any atom is 0.271 e. The lowest BCUT2D eigenvalue weighted by atomic mass is 10.1. The van der Waals surface area contributed by atoms with Crippen molar-refractivity contribution in [3.05, 3.63) is 40.8 Å².